The minimum absolute atomic E-state index is 0.234. The van der Waals surface area contributed by atoms with Gasteiger partial charge in [0.25, 0.3) is 5.56 Å². The fraction of sp³-hybridized carbons (Fsp3) is 0.333. The van der Waals surface area contributed by atoms with Gasteiger partial charge in [0, 0.05) is 74.7 Å². The number of aromatic nitrogens is 3. The summed E-state index contributed by atoms with van der Waals surface area (Å²) < 4.78 is 1.22. The predicted octanol–water partition coefficient (Wildman–Crippen LogP) is 5.38. The molecule has 2 aliphatic heterocycles. The summed E-state index contributed by atoms with van der Waals surface area (Å²) >= 11 is 6.65. The molecule has 0 saturated carbocycles. The Kier molecular flexibility index (Phi) is 7.36. The summed E-state index contributed by atoms with van der Waals surface area (Å²) in [5.41, 5.74) is 5.93. The molecule has 0 radical (unpaired) electrons. The first-order chi connectivity index (χ1) is 20.5. The van der Waals surface area contributed by atoms with Gasteiger partial charge in [0.15, 0.2) is 0 Å². The zero-order valence-electron chi connectivity index (χ0n) is 23.9. The molecule has 0 aliphatic carbocycles. The lowest BCUT2D eigenvalue weighted by atomic mass is 10.0. The molecule has 0 bridgehead atoms. The lowest BCUT2D eigenvalue weighted by molar-refractivity contribution is 0.211. The van der Waals surface area contributed by atoms with Crippen LogP contribution in [0.15, 0.2) is 77.6 Å². The van der Waals surface area contributed by atoms with Crippen LogP contribution in [0.3, 0.4) is 0 Å². The molecule has 0 unspecified atom stereocenters. The number of para-hydroxylation sites is 1. The molecular weight excluding hydrogens is 546 g/mol. The monoisotopic (exact) mass is 581 g/mol. The summed E-state index contributed by atoms with van der Waals surface area (Å²) in [5.74, 6) is 0.537. The molecule has 2 aliphatic rings. The predicted molar refractivity (Wildman–Crippen MR) is 173 cm³/mol. The molecule has 0 amide bonds. The molecular formula is C33H36ClN7O. The number of aromatic amines is 1. The number of hydrogen-bond acceptors (Lipinski definition) is 6. The number of likely N-dealkylation sites (tertiary alicyclic amines) is 1. The van der Waals surface area contributed by atoms with E-state index in [1.807, 2.05) is 30.3 Å². The summed E-state index contributed by atoms with van der Waals surface area (Å²) in [7, 11) is 2.16. The summed E-state index contributed by atoms with van der Waals surface area (Å²) in [6, 6.07) is 25.0. The van der Waals surface area contributed by atoms with Gasteiger partial charge in [-0.2, -0.15) is 0 Å². The number of nitrogens with one attached hydrogen (secondary N) is 2. The number of halogens is 1. The Hall–Kier alpha value is -3.85. The van der Waals surface area contributed by atoms with E-state index in [9.17, 15) is 4.79 Å². The van der Waals surface area contributed by atoms with Gasteiger partial charge in [-0.1, -0.05) is 48.5 Å². The third-order valence-corrected chi connectivity index (χ3v) is 9.12. The van der Waals surface area contributed by atoms with Crippen molar-refractivity contribution in [2.45, 2.75) is 25.4 Å². The average molecular weight is 582 g/mol. The van der Waals surface area contributed by atoms with Gasteiger partial charge in [-0.25, -0.2) is 9.07 Å². The third kappa shape index (κ3) is 5.26. The Labute approximate surface area is 250 Å². The van der Waals surface area contributed by atoms with Gasteiger partial charge in [0.2, 0.25) is 0 Å². The normalized spacial score (nSPS) is 17.3. The number of nitrogens with zero attached hydrogens (tertiary/aromatic N) is 5. The fourth-order valence-corrected chi connectivity index (χ4v) is 6.57. The molecule has 0 atom stereocenters. The first kappa shape index (κ1) is 27.0. The smallest absolute Gasteiger partial charge is 0.278 e. The van der Waals surface area contributed by atoms with E-state index >= 15 is 0 Å². The quantitative estimate of drug-likeness (QED) is 0.281. The zero-order chi connectivity index (χ0) is 28.6. The Morgan fingerprint density at radius 1 is 0.929 bits per heavy atom. The van der Waals surface area contributed by atoms with E-state index in [0.717, 1.165) is 80.8 Å². The topological polar surface area (TPSA) is 72.4 Å². The Balaban J connectivity index is 1.21. The highest BCUT2D eigenvalue weighted by Gasteiger charge is 2.25. The van der Waals surface area contributed by atoms with Crippen LogP contribution in [0.25, 0.3) is 33.3 Å². The van der Waals surface area contributed by atoms with Crippen molar-refractivity contribution in [1.29, 1.82) is 0 Å². The highest BCUT2D eigenvalue weighted by Crippen LogP contribution is 2.34. The largest absolute Gasteiger partial charge is 0.381 e. The number of piperazine rings is 1. The van der Waals surface area contributed by atoms with Crippen molar-refractivity contribution < 1.29 is 0 Å². The molecule has 9 heteroatoms. The number of imidazole rings is 1. The molecule has 42 heavy (non-hydrogen) atoms. The van der Waals surface area contributed by atoms with Crippen molar-refractivity contribution in [2.75, 3.05) is 56.5 Å². The number of likely N-dealkylation sites (N-methyl/N-ethyl adjacent to an activating group) is 1. The Bertz CT molecular complexity index is 1770. The SMILES string of the molecule is CN1CCN(c2ccc3nc(-c4c(NC5CCN(Cc6ccccc6)CC5)c5ccccc5n(Cl)c4=O)[nH]c3c2)CC1. The standard InChI is InChI=1S/C33H36ClN7O/c1-38-17-19-40(20-18-38)25-11-12-27-28(21-25)37-32(36-27)30-31(26-9-5-6-10-29(26)41(34)33(30)42)35-24-13-15-39(16-14-24)22-23-7-3-2-4-8-23/h2-12,21,24,35H,13-20,22H2,1H3,(H,36,37). The average Bonchev–Trinajstić information content (AvgIpc) is 3.44. The molecule has 2 saturated heterocycles. The molecule has 2 N–H and O–H groups in total. The van der Waals surface area contributed by atoms with Crippen molar-refractivity contribution in [2.24, 2.45) is 0 Å². The molecule has 0 spiro atoms. The Morgan fingerprint density at radius 3 is 2.45 bits per heavy atom. The number of pyridine rings is 1. The first-order valence-electron chi connectivity index (χ1n) is 14.8. The number of H-pyrrole nitrogens is 1. The van der Waals surface area contributed by atoms with Gasteiger partial charge < -0.3 is 20.1 Å². The van der Waals surface area contributed by atoms with Crippen molar-refractivity contribution in [3.8, 4) is 11.4 Å². The van der Waals surface area contributed by atoms with E-state index in [4.69, 9.17) is 16.8 Å². The lowest BCUT2D eigenvalue weighted by Gasteiger charge is -2.34. The lowest BCUT2D eigenvalue weighted by Crippen LogP contribution is -2.44. The minimum atomic E-state index is -0.280. The molecule has 4 heterocycles. The summed E-state index contributed by atoms with van der Waals surface area (Å²) in [6.45, 7) is 7.00. The van der Waals surface area contributed by atoms with Crippen molar-refractivity contribution >= 4 is 45.1 Å². The number of piperidine rings is 1. The molecule has 216 valence electrons. The zero-order valence-corrected chi connectivity index (χ0v) is 24.6. The number of hydrogen-bond donors (Lipinski definition) is 2. The maximum absolute atomic E-state index is 13.8. The number of fused-ring (bicyclic) bond motifs is 2. The maximum Gasteiger partial charge on any atom is 0.278 e. The van der Waals surface area contributed by atoms with Gasteiger partial charge in [0.1, 0.15) is 11.4 Å². The summed E-state index contributed by atoms with van der Waals surface area (Å²) in [6.07, 6.45) is 1.97. The van der Waals surface area contributed by atoms with Crippen LogP contribution in [0.2, 0.25) is 0 Å². The number of anilines is 2. The Morgan fingerprint density at radius 2 is 1.67 bits per heavy atom. The van der Waals surface area contributed by atoms with E-state index in [1.54, 1.807) is 0 Å². The molecule has 7 rings (SSSR count). The third-order valence-electron chi connectivity index (χ3n) is 8.78. The highest BCUT2D eigenvalue weighted by molar-refractivity contribution is 6.20. The van der Waals surface area contributed by atoms with Gasteiger partial charge in [-0.15, -0.1) is 0 Å². The van der Waals surface area contributed by atoms with Gasteiger partial charge in [0.05, 0.1) is 22.2 Å². The van der Waals surface area contributed by atoms with Crippen LogP contribution >= 0.6 is 11.8 Å². The van der Waals surface area contributed by atoms with E-state index in [-0.39, 0.29) is 11.6 Å². The van der Waals surface area contributed by atoms with Gasteiger partial charge in [-0.05, 0) is 49.7 Å². The van der Waals surface area contributed by atoms with Crippen LogP contribution in [0, 0.1) is 0 Å². The molecule has 3 aromatic carbocycles. The fourth-order valence-electron chi connectivity index (χ4n) is 6.33. The van der Waals surface area contributed by atoms with Crippen LogP contribution in [0.1, 0.15) is 18.4 Å². The molecule has 2 fully saturated rings. The molecule has 2 aromatic heterocycles. The molecule has 5 aromatic rings. The second kappa shape index (κ2) is 11.4. The van der Waals surface area contributed by atoms with Crippen LogP contribution < -0.4 is 15.8 Å². The van der Waals surface area contributed by atoms with Crippen LogP contribution in [-0.4, -0.2) is 76.2 Å². The van der Waals surface area contributed by atoms with Crippen molar-refractivity contribution in [3.05, 3.63) is 88.7 Å². The second-order valence-electron chi connectivity index (χ2n) is 11.6. The van der Waals surface area contributed by atoms with Crippen LogP contribution in [-0.2, 0) is 6.54 Å². The number of benzene rings is 3. The minimum Gasteiger partial charge on any atom is -0.381 e. The van der Waals surface area contributed by atoms with E-state index in [0.29, 0.717) is 16.9 Å². The van der Waals surface area contributed by atoms with Gasteiger partial charge >= 0.3 is 0 Å². The van der Waals surface area contributed by atoms with Crippen LogP contribution in [0.5, 0.6) is 0 Å². The van der Waals surface area contributed by atoms with E-state index in [2.05, 4.69) is 74.5 Å². The van der Waals surface area contributed by atoms with Crippen molar-refractivity contribution in [3.63, 3.8) is 0 Å². The highest BCUT2D eigenvalue weighted by atomic mass is 35.5. The van der Waals surface area contributed by atoms with Crippen LogP contribution in [0.4, 0.5) is 11.4 Å². The first-order valence-corrected chi connectivity index (χ1v) is 15.2. The van der Waals surface area contributed by atoms with E-state index in [1.165, 1.54) is 15.3 Å². The van der Waals surface area contributed by atoms with Crippen molar-refractivity contribution in [1.82, 2.24) is 23.9 Å². The van der Waals surface area contributed by atoms with E-state index < -0.39 is 0 Å². The maximum atomic E-state index is 13.8. The van der Waals surface area contributed by atoms with Gasteiger partial charge in [-0.3, -0.25) is 9.69 Å². The second-order valence-corrected chi connectivity index (χ2v) is 11.9. The number of rotatable bonds is 6. The summed E-state index contributed by atoms with van der Waals surface area (Å²) in [4.78, 5) is 29.5. The molecule has 8 nitrogen and oxygen atoms in total. The summed E-state index contributed by atoms with van der Waals surface area (Å²) in [5, 5.41) is 4.69.